The van der Waals surface area contributed by atoms with Crippen LogP contribution in [0.2, 0.25) is 0 Å². The van der Waals surface area contributed by atoms with Crippen LogP contribution in [0.1, 0.15) is 21.2 Å². The summed E-state index contributed by atoms with van der Waals surface area (Å²) in [4.78, 5) is 36.8. The van der Waals surface area contributed by atoms with E-state index in [1.54, 1.807) is 24.3 Å². The molecule has 152 valence electrons. The highest BCUT2D eigenvalue weighted by Gasteiger charge is 2.22. The minimum atomic E-state index is -0.616. The van der Waals surface area contributed by atoms with Gasteiger partial charge in [0.2, 0.25) is 11.8 Å². The zero-order valence-electron chi connectivity index (χ0n) is 16.1. The highest BCUT2D eigenvalue weighted by molar-refractivity contribution is 8.00. The van der Waals surface area contributed by atoms with Crippen molar-refractivity contribution in [2.24, 2.45) is 5.73 Å². The van der Waals surface area contributed by atoms with E-state index in [4.69, 9.17) is 5.73 Å². The van der Waals surface area contributed by atoms with Crippen molar-refractivity contribution in [3.63, 3.8) is 0 Å². The number of carbonyl (C=O) groups excluding carboxylic acids is 3. The summed E-state index contributed by atoms with van der Waals surface area (Å²) in [6.07, 6.45) is 0. The third-order valence-electron chi connectivity index (χ3n) is 4.18. The number of hydrogen-bond acceptors (Lipinski definition) is 4. The standard InChI is InChI=1S/C23H21N3O3S/c24-20(27)15-25-22(28)17-11-13-18(14-12-17)26-23(29)21(16-7-3-1-4-8-16)30-19-9-5-2-6-10-19/h1-14,21H,15H2,(H2,24,27)(H,25,28)(H,26,29)/t21-/m1/s1. The van der Waals surface area contributed by atoms with E-state index in [1.807, 2.05) is 60.7 Å². The van der Waals surface area contributed by atoms with E-state index in [9.17, 15) is 14.4 Å². The Hall–Kier alpha value is -3.58. The number of rotatable bonds is 8. The van der Waals surface area contributed by atoms with E-state index in [0.717, 1.165) is 10.5 Å². The molecule has 1 atom stereocenters. The summed E-state index contributed by atoms with van der Waals surface area (Å²) in [7, 11) is 0. The molecule has 0 heterocycles. The third kappa shape index (κ3) is 5.96. The zero-order valence-corrected chi connectivity index (χ0v) is 16.9. The molecule has 3 rings (SSSR count). The molecule has 0 aliphatic heterocycles. The van der Waals surface area contributed by atoms with E-state index in [-0.39, 0.29) is 12.5 Å². The smallest absolute Gasteiger partial charge is 0.251 e. The molecule has 7 heteroatoms. The van der Waals surface area contributed by atoms with Crippen LogP contribution in [0, 0.1) is 0 Å². The van der Waals surface area contributed by atoms with Crippen LogP contribution in [0.4, 0.5) is 5.69 Å². The molecule has 0 fully saturated rings. The van der Waals surface area contributed by atoms with Gasteiger partial charge < -0.3 is 16.4 Å². The molecule has 0 unspecified atom stereocenters. The molecule has 3 amide bonds. The quantitative estimate of drug-likeness (QED) is 0.487. The van der Waals surface area contributed by atoms with Crippen molar-refractivity contribution in [3.05, 3.63) is 96.1 Å². The molecule has 0 saturated heterocycles. The SMILES string of the molecule is NC(=O)CNC(=O)c1ccc(NC(=O)[C@H](Sc2ccccc2)c2ccccc2)cc1. The number of carbonyl (C=O) groups is 3. The minimum absolute atomic E-state index is 0.166. The van der Waals surface area contributed by atoms with Crippen molar-refractivity contribution >= 4 is 35.2 Å². The maximum absolute atomic E-state index is 13.1. The van der Waals surface area contributed by atoms with Crippen LogP contribution in [-0.4, -0.2) is 24.3 Å². The first-order valence-electron chi connectivity index (χ1n) is 9.27. The molecule has 0 bridgehead atoms. The summed E-state index contributed by atoms with van der Waals surface area (Å²) in [5.41, 5.74) is 6.86. The second-order valence-corrected chi connectivity index (χ2v) is 7.62. The summed E-state index contributed by atoms with van der Waals surface area (Å²) in [5.74, 6) is -1.19. The van der Waals surface area contributed by atoms with Crippen molar-refractivity contribution in [1.82, 2.24) is 5.32 Å². The van der Waals surface area contributed by atoms with Crippen LogP contribution < -0.4 is 16.4 Å². The first-order chi connectivity index (χ1) is 14.5. The van der Waals surface area contributed by atoms with Gasteiger partial charge in [-0.05, 0) is 42.0 Å². The number of nitrogens with one attached hydrogen (secondary N) is 2. The first-order valence-corrected chi connectivity index (χ1v) is 10.1. The van der Waals surface area contributed by atoms with E-state index in [2.05, 4.69) is 10.6 Å². The summed E-state index contributed by atoms with van der Waals surface area (Å²) in [6.45, 7) is -0.229. The summed E-state index contributed by atoms with van der Waals surface area (Å²) in [6, 6.07) is 25.7. The lowest BCUT2D eigenvalue weighted by Gasteiger charge is -2.17. The molecule has 0 radical (unpaired) electrons. The van der Waals surface area contributed by atoms with Crippen molar-refractivity contribution in [2.45, 2.75) is 10.1 Å². The Bertz CT molecular complexity index is 1010. The Morgan fingerprint density at radius 1 is 0.833 bits per heavy atom. The number of thioether (sulfide) groups is 1. The Morgan fingerprint density at radius 2 is 1.43 bits per heavy atom. The third-order valence-corrected chi connectivity index (χ3v) is 5.44. The van der Waals surface area contributed by atoms with Gasteiger partial charge in [-0.25, -0.2) is 0 Å². The molecule has 3 aromatic rings. The lowest BCUT2D eigenvalue weighted by atomic mass is 10.1. The molecule has 0 aliphatic carbocycles. The van der Waals surface area contributed by atoms with Crippen LogP contribution in [0.3, 0.4) is 0 Å². The molecular formula is C23H21N3O3S. The Morgan fingerprint density at radius 3 is 2.03 bits per heavy atom. The fraction of sp³-hybridized carbons (Fsp3) is 0.0870. The largest absolute Gasteiger partial charge is 0.368 e. The molecule has 30 heavy (non-hydrogen) atoms. The van der Waals surface area contributed by atoms with Gasteiger partial charge in [0.15, 0.2) is 0 Å². The van der Waals surface area contributed by atoms with Gasteiger partial charge in [-0.1, -0.05) is 48.5 Å². The molecule has 0 aromatic heterocycles. The van der Waals surface area contributed by atoms with Gasteiger partial charge in [0.25, 0.3) is 5.91 Å². The number of hydrogen-bond donors (Lipinski definition) is 3. The van der Waals surface area contributed by atoms with Gasteiger partial charge in [0.05, 0.1) is 6.54 Å². The molecule has 0 spiro atoms. The zero-order chi connectivity index (χ0) is 21.3. The molecule has 4 N–H and O–H groups in total. The van der Waals surface area contributed by atoms with Crippen molar-refractivity contribution in [1.29, 1.82) is 0 Å². The lowest BCUT2D eigenvalue weighted by Crippen LogP contribution is -2.33. The summed E-state index contributed by atoms with van der Waals surface area (Å²) >= 11 is 1.47. The number of anilines is 1. The minimum Gasteiger partial charge on any atom is -0.368 e. The van der Waals surface area contributed by atoms with Gasteiger partial charge in [0.1, 0.15) is 5.25 Å². The van der Waals surface area contributed by atoms with Gasteiger partial charge >= 0.3 is 0 Å². The average molecular weight is 420 g/mol. The fourth-order valence-corrected chi connectivity index (χ4v) is 3.76. The van der Waals surface area contributed by atoms with Crippen LogP contribution in [0.5, 0.6) is 0 Å². The molecular weight excluding hydrogens is 398 g/mol. The van der Waals surface area contributed by atoms with Gasteiger partial charge in [-0.15, -0.1) is 11.8 Å². The summed E-state index contributed by atoms with van der Waals surface area (Å²) in [5, 5.41) is 4.90. The Balaban J connectivity index is 1.72. The van der Waals surface area contributed by atoms with Crippen LogP contribution >= 0.6 is 11.8 Å². The van der Waals surface area contributed by atoms with Crippen LogP contribution in [0.15, 0.2) is 89.8 Å². The molecule has 3 aromatic carbocycles. The van der Waals surface area contributed by atoms with Gasteiger partial charge in [-0.3, -0.25) is 14.4 Å². The Kier molecular flexibility index (Phi) is 7.24. The van der Waals surface area contributed by atoms with Crippen molar-refractivity contribution in [3.8, 4) is 0 Å². The van der Waals surface area contributed by atoms with E-state index in [0.29, 0.717) is 11.3 Å². The molecule has 6 nitrogen and oxygen atoms in total. The van der Waals surface area contributed by atoms with E-state index < -0.39 is 17.1 Å². The predicted octanol–water partition coefficient (Wildman–Crippen LogP) is 3.37. The highest BCUT2D eigenvalue weighted by Crippen LogP contribution is 2.36. The highest BCUT2D eigenvalue weighted by atomic mass is 32.2. The van der Waals surface area contributed by atoms with E-state index >= 15 is 0 Å². The normalized spacial score (nSPS) is 11.3. The van der Waals surface area contributed by atoms with Gasteiger partial charge in [0, 0.05) is 16.1 Å². The first kappa shape index (κ1) is 21.1. The number of nitrogens with two attached hydrogens (primary N) is 1. The van der Waals surface area contributed by atoms with E-state index in [1.165, 1.54) is 11.8 Å². The number of benzene rings is 3. The number of primary amides is 1. The van der Waals surface area contributed by atoms with Gasteiger partial charge in [-0.2, -0.15) is 0 Å². The van der Waals surface area contributed by atoms with Crippen molar-refractivity contribution in [2.75, 3.05) is 11.9 Å². The second-order valence-electron chi connectivity index (χ2n) is 6.44. The van der Waals surface area contributed by atoms with Crippen LogP contribution in [0.25, 0.3) is 0 Å². The topological polar surface area (TPSA) is 101 Å². The predicted molar refractivity (Wildman–Crippen MR) is 118 cm³/mol. The van der Waals surface area contributed by atoms with Crippen molar-refractivity contribution < 1.29 is 14.4 Å². The number of amides is 3. The summed E-state index contributed by atoms with van der Waals surface area (Å²) < 4.78 is 0. The molecule has 0 aliphatic rings. The van der Waals surface area contributed by atoms with Crippen LogP contribution in [-0.2, 0) is 9.59 Å². The monoisotopic (exact) mass is 419 g/mol. The second kappa shape index (κ2) is 10.3. The maximum atomic E-state index is 13.1. The average Bonchev–Trinajstić information content (AvgIpc) is 2.77. The molecule has 0 saturated carbocycles. The fourth-order valence-electron chi connectivity index (χ4n) is 2.72. The maximum Gasteiger partial charge on any atom is 0.251 e. The Labute approximate surface area is 178 Å². The lowest BCUT2D eigenvalue weighted by molar-refractivity contribution is -0.117.